The van der Waals surface area contributed by atoms with E-state index in [1.165, 1.54) is 4.68 Å². The Morgan fingerprint density at radius 3 is 2.52 bits per heavy atom. The van der Waals surface area contributed by atoms with Crippen LogP contribution in [0.5, 0.6) is 0 Å². The molecule has 0 aliphatic rings. The van der Waals surface area contributed by atoms with Gasteiger partial charge in [-0.15, -0.1) is 0 Å². The Kier molecular flexibility index (Phi) is 6.44. The summed E-state index contributed by atoms with van der Waals surface area (Å²) in [7, 11) is 0. The van der Waals surface area contributed by atoms with Gasteiger partial charge in [-0.1, -0.05) is 43.6 Å². The molecule has 1 amide bonds. The minimum atomic E-state index is -1.04. The molecule has 0 aliphatic heterocycles. The molecule has 3 N–H and O–H groups in total. The number of carbonyl (C=O) groups excluding carboxylic acids is 1. The summed E-state index contributed by atoms with van der Waals surface area (Å²) >= 11 is 0. The zero-order valence-corrected chi connectivity index (χ0v) is 14.2. The van der Waals surface area contributed by atoms with Crippen molar-refractivity contribution >= 4 is 17.8 Å². The molecule has 1 aromatic carbocycles. The Balaban J connectivity index is 2.11. The lowest BCUT2D eigenvalue weighted by molar-refractivity contribution is -0.142. The zero-order valence-electron chi connectivity index (χ0n) is 14.2. The Bertz CT molecular complexity index is 703. The van der Waals surface area contributed by atoms with E-state index in [1.54, 1.807) is 0 Å². The minimum absolute atomic E-state index is 0.315. The standard InChI is InChI=1S/C16H22N6O3/c1-3-8-13(15(24)25)17-14(23)12(4-2)18-16-19-20-21-22(16)11-9-6-5-7-10-11/h5-7,9-10,12-13H,3-4,8H2,1-2H3,(H,17,23)(H,24,25)(H,18,19,21). The van der Waals surface area contributed by atoms with Gasteiger partial charge in [0.05, 0.1) is 5.69 Å². The predicted molar refractivity (Wildman–Crippen MR) is 91.3 cm³/mol. The highest BCUT2D eigenvalue weighted by Gasteiger charge is 2.25. The maximum Gasteiger partial charge on any atom is 0.326 e. The molecule has 0 saturated carbocycles. The minimum Gasteiger partial charge on any atom is -0.480 e. The van der Waals surface area contributed by atoms with Crippen LogP contribution in [0.25, 0.3) is 5.69 Å². The van der Waals surface area contributed by atoms with Gasteiger partial charge in [-0.3, -0.25) is 4.79 Å². The number of carboxylic acid groups (broad SMARTS) is 1. The number of nitrogens with one attached hydrogen (secondary N) is 2. The van der Waals surface area contributed by atoms with Gasteiger partial charge in [0.1, 0.15) is 12.1 Å². The molecule has 25 heavy (non-hydrogen) atoms. The zero-order chi connectivity index (χ0) is 18.2. The van der Waals surface area contributed by atoms with Gasteiger partial charge < -0.3 is 15.7 Å². The summed E-state index contributed by atoms with van der Waals surface area (Å²) in [5, 5.41) is 26.2. The van der Waals surface area contributed by atoms with Crippen LogP contribution < -0.4 is 10.6 Å². The molecule has 9 heteroatoms. The predicted octanol–water partition coefficient (Wildman–Crippen LogP) is 1.22. The lowest BCUT2D eigenvalue weighted by Gasteiger charge is -2.20. The molecule has 134 valence electrons. The van der Waals surface area contributed by atoms with Crippen LogP contribution in [0.15, 0.2) is 30.3 Å². The fourth-order valence-electron chi connectivity index (χ4n) is 2.35. The number of carbonyl (C=O) groups is 2. The van der Waals surface area contributed by atoms with Crippen molar-refractivity contribution in [2.24, 2.45) is 0 Å². The van der Waals surface area contributed by atoms with E-state index in [-0.39, 0.29) is 0 Å². The summed E-state index contributed by atoms with van der Waals surface area (Å²) in [5.41, 5.74) is 0.750. The second kappa shape index (κ2) is 8.76. The third-order valence-electron chi connectivity index (χ3n) is 3.69. The first-order valence-corrected chi connectivity index (χ1v) is 8.20. The van der Waals surface area contributed by atoms with Crippen LogP contribution in [-0.2, 0) is 9.59 Å². The Hall–Kier alpha value is -2.97. The van der Waals surface area contributed by atoms with Crippen molar-refractivity contribution in [2.75, 3.05) is 5.32 Å². The first kappa shape index (κ1) is 18.4. The van der Waals surface area contributed by atoms with Crippen molar-refractivity contribution in [1.82, 2.24) is 25.5 Å². The normalized spacial score (nSPS) is 13.0. The molecule has 0 radical (unpaired) electrons. The smallest absolute Gasteiger partial charge is 0.326 e. The summed E-state index contributed by atoms with van der Waals surface area (Å²) < 4.78 is 1.48. The summed E-state index contributed by atoms with van der Waals surface area (Å²) in [6.07, 6.45) is 1.49. The van der Waals surface area contributed by atoms with E-state index in [9.17, 15) is 14.7 Å². The van der Waals surface area contributed by atoms with Gasteiger partial charge in [-0.25, -0.2) is 4.79 Å². The van der Waals surface area contributed by atoms with Crippen molar-refractivity contribution in [3.8, 4) is 5.69 Å². The third-order valence-corrected chi connectivity index (χ3v) is 3.69. The molecule has 2 unspecified atom stereocenters. The number of aliphatic carboxylic acids is 1. The van der Waals surface area contributed by atoms with Gasteiger partial charge in [0.15, 0.2) is 0 Å². The molecule has 2 rings (SSSR count). The monoisotopic (exact) mass is 346 g/mol. The SMILES string of the molecule is CCCC(NC(=O)C(CC)Nc1nnnn1-c1ccccc1)C(=O)O. The largest absolute Gasteiger partial charge is 0.480 e. The topological polar surface area (TPSA) is 122 Å². The van der Waals surface area contributed by atoms with Crippen molar-refractivity contribution in [3.63, 3.8) is 0 Å². The molecular weight excluding hydrogens is 324 g/mol. The second-order valence-electron chi connectivity index (χ2n) is 5.54. The molecule has 0 fully saturated rings. The highest BCUT2D eigenvalue weighted by atomic mass is 16.4. The van der Waals surface area contributed by atoms with Gasteiger partial charge in [0.25, 0.3) is 0 Å². The maximum atomic E-state index is 12.4. The number of rotatable bonds is 9. The Morgan fingerprint density at radius 2 is 1.92 bits per heavy atom. The van der Waals surface area contributed by atoms with E-state index in [0.29, 0.717) is 25.2 Å². The maximum absolute atomic E-state index is 12.4. The van der Waals surface area contributed by atoms with E-state index in [1.807, 2.05) is 44.2 Å². The van der Waals surface area contributed by atoms with E-state index >= 15 is 0 Å². The number of anilines is 1. The summed E-state index contributed by atoms with van der Waals surface area (Å²) in [5.74, 6) is -1.12. The second-order valence-corrected chi connectivity index (χ2v) is 5.54. The molecule has 2 aromatic rings. The van der Waals surface area contributed by atoms with Crippen molar-refractivity contribution < 1.29 is 14.7 Å². The molecule has 2 atom stereocenters. The molecule has 0 saturated heterocycles. The number of aromatic nitrogens is 4. The summed E-state index contributed by atoms with van der Waals surface area (Å²) in [6.45, 7) is 3.69. The average molecular weight is 346 g/mol. The molecule has 0 spiro atoms. The van der Waals surface area contributed by atoms with Crippen LogP contribution >= 0.6 is 0 Å². The number of para-hydroxylation sites is 1. The highest BCUT2D eigenvalue weighted by Crippen LogP contribution is 2.12. The lowest BCUT2D eigenvalue weighted by Crippen LogP contribution is -2.47. The number of carboxylic acids is 1. The van der Waals surface area contributed by atoms with Crippen molar-refractivity contribution in [3.05, 3.63) is 30.3 Å². The van der Waals surface area contributed by atoms with Gasteiger partial charge >= 0.3 is 5.97 Å². The number of hydrogen-bond donors (Lipinski definition) is 3. The van der Waals surface area contributed by atoms with Gasteiger partial charge in [-0.05, 0) is 35.4 Å². The number of hydrogen-bond acceptors (Lipinski definition) is 6. The molecule has 1 aromatic heterocycles. The number of tetrazole rings is 1. The van der Waals surface area contributed by atoms with E-state index in [4.69, 9.17) is 0 Å². The van der Waals surface area contributed by atoms with Gasteiger partial charge in [-0.2, -0.15) is 4.68 Å². The van der Waals surface area contributed by atoms with Crippen LogP contribution in [0.1, 0.15) is 33.1 Å². The lowest BCUT2D eigenvalue weighted by atomic mass is 10.1. The molecule has 0 aliphatic carbocycles. The van der Waals surface area contributed by atoms with Crippen molar-refractivity contribution in [2.45, 2.75) is 45.2 Å². The molecular formula is C16H22N6O3. The number of nitrogens with zero attached hydrogens (tertiary/aromatic N) is 4. The third kappa shape index (κ3) is 4.75. The number of amides is 1. The van der Waals surface area contributed by atoms with Crippen LogP contribution in [0.2, 0.25) is 0 Å². The fraction of sp³-hybridized carbons (Fsp3) is 0.438. The Morgan fingerprint density at radius 1 is 1.20 bits per heavy atom. The van der Waals surface area contributed by atoms with E-state index in [0.717, 1.165) is 5.69 Å². The van der Waals surface area contributed by atoms with Crippen LogP contribution in [0.4, 0.5) is 5.95 Å². The van der Waals surface area contributed by atoms with Crippen molar-refractivity contribution in [1.29, 1.82) is 0 Å². The van der Waals surface area contributed by atoms with Crippen LogP contribution in [0, 0.1) is 0 Å². The molecule has 0 bridgehead atoms. The number of benzene rings is 1. The first-order valence-electron chi connectivity index (χ1n) is 8.20. The Labute approximate surface area is 145 Å². The highest BCUT2D eigenvalue weighted by molar-refractivity contribution is 5.88. The fourth-order valence-corrected chi connectivity index (χ4v) is 2.35. The summed E-state index contributed by atoms with van der Waals surface area (Å²) in [4.78, 5) is 23.6. The van der Waals surface area contributed by atoms with Gasteiger partial charge in [0, 0.05) is 0 Å². The molecule has 9 nitrogen and oxygen atoms in total. The van der Waals surface area contributed by atoms with Crippen LogP contribution in [0.3, 0.4) is 0 Å². The van der Waals surface area contributed by atoms with Gasteiger partial charge in [0.2, 0.25) is 11.9 Å². The van der Waals surface area contributed by atoms with Crippen LogP contribution in [-0.4, -0.2) is 49.3 Å². The quantitative estimate of drug-likeness (QED) is 0.624. The average Bonchev–Trinajstić information content (AvgIpc) is 3.08. The molecule has 1 heterocycles. The summed E-state index contributed by atoms with van der Waals surface area (Å²) in [6, 6.07) is 7.71. The van der Waals surface area contributed by atoms with E-state index in [2.05, 4.69) is 26.2 Å². The first-order chi connectivity index (χ1) is 12.1. The van der Waals surface area contributed by atoms with E-state index < -0.39 is 24.0 Å².